The number of phosphoric acid groups is 1. The Kier molecular flexibility index (Phi) is 35.0. The number of likely N-dealkylation sites (N-methyl/N-ethyl adjacent to an activating group) is 1. The molecule has 0 saturated carbocycles. The van der Waals surface area contributed by atoms with Crippen LogP contribution in [-0.4, -0.2) is 68.5 Å². The zero-order valence-corrected chi connectivity index (χ0v) is 35.7. The molecule has 0 fully saturated rings. The Balaban J connectivity index is 3.98. The molecule has 3 unspecified atom stereocenters. The van der Waals surface area contributed by atoms with Crippen molar-refractivity contribution in [3.63, 3.8) is 0 Å². The van der Waals surface area contributed by atoms with Crippen molar-refractivity contribution in [1.29, 1.82) is 0 Å². The van der Waals surface area contributed by atoms with Crippen LogP contribution in [0.5, 0.6) is 0 Å². The van der Waals surface area contributed by atoms with E-state index in [1.165, 1.54) is 128 Å². The fraction of sp³-hybridized carbons (Fsp3) is 0.884. The van der Waals surface area contributed by atoms with E-state index in [9.17, 15) is 19.4 Å². The van der Waals surface area contributed by atoms with E-state index in [1.807, 2.05) is 27.2 Å². The van der Waals surface area contributed by atoms with Crippen molar-refractivity contribution in [3.05, 3.63) is 24.3 Å². The second-order valence-electron chi connectivity index (χ2n) is 16.0. The van der Waals surface area contributed by atoms with Gasteiger partial charge in [0.25, 0.3) is 7.82 Å². The van der Waals surface area contributed by atoms with E-state index >= 15 is 0 Å². The van der Waals surface area contributed by atoms with Crippen LogP contribution in [0, 0.1) is 0 Å². The van der Waals surface area contributed by atoms with Gasteiger partial charge in [0.2, 0.25) is 5.91 Å². The Morgan fingerprint density at radius 2 is 1.06 bits per heavy atom. The number of unbranched alkanes of at least 4 members (excludes halogenated alkanes) is 24. The highest BCUT2D eigenvalue weighted by Crippen LogP contribution is 2.38. The molecule has 0 heterocycles. The molecule has 0 spiro atoms. The maximum Gasteiger partial charge on any atom is 0.268 e. The average molecular weight is 757 g/mol. The number of hydrogen-bond donors (Lipinski definition) is 2. The van der Waals surface area contributed by atoms with E-state index in [0.717, 1.165) is 44.9 Å². The summed E-state index contributed by atoms with van der Waals surface area (Å²) in [4.78, 5) is 25.0. The van der Waals surface area contributed by atoms with E-state index in [-0.39, 0.29) is 19.1 Å². The number of rotatable bonds is 39. The number of phosphoric ester groups is 1. The Hall–Kier alpha value is -1.02. The van der Waals surface area contributed by atoms with Crippen molar-refractivity contribution in [2.24, 2.45) is 0 Å². The van der Waals surface area contributed by atoms with Crippen LogP contribution in [0.15, 0.2) is 24.3 Å². The number of quaternary nitrogens is 1. The zero-order chi connectivity index (χ0) is 38.6. The lowest BCUT2D eigenvalue weighted by Crippen LogP contribution is -2.45. The fourth-order valence-corrected chi connectivity index (χ4v) is 6.87. The summed E-state index contributed by atoms with van der Waals surface area (Å²) in [5.41, 5.74) is 0. The van der Waals surface area contributed by atoms with Gasteiger partial charge in [-0.2, -0.15) is 0 Å². The van der Waals surface area contributed by atoms with Gasteiger partial charge in [-0.25, -0.2) is 0 Å². The molecule has 3 atom stereocenters. The summed E-state index contributed by atoms with van der Waals surface area (Å²) in [6.07, 6.45) is 41.4. The van der Waals surface area contributed by atoms with Gasteiger partial charge in [-0.15, -0.1) is 0 Å². The number of amides is 1. The summed E-state index contributed by atoms with van der Waals surface area (Å²) < 4.78 is 23.0. The first-order valence-corrected chi connectivity index (χ1v) is 23.2. The molecule has 0 aromatic rings. The van der Waals surface area contributed by atoms with Crippen LogP contribution in [0.4, 0.5) is 0 Å². The summed E-state index contributed by atoms with van der Waals surface area (Å²) in [6, 6.07) is -0.879. The number of aliphatic hydroxyl groups is 1. The lowest BCUT2D eigenvalue weighted by atomic mass is 10.0. The molecular formula is C43H85N2O6P. The first kappa shape index (κ1) is 51.0. The van der Waals surface area contributed by atoms with Crippen LogP contribution >= 0.6 is 7.82 Å². The third kappa shape index (κ3) is 37.3. The predicted molar refractivity (Wildman–Crippen MR) is 219 cm³/mol. The molecule has 9 heteroatoms. The molecule has 8 nitrogen and oxygen atoms in total. The number of nitrogens with zero attached hydrogens (tertiary/aromatic N) is 1. The number of allylic oxidation sites excluding steroid dienone is 3. The first-order chi connectivity index (χ1) is 25.0. The van der Waals surface area contributed by atoms with Gasteiger partial charge in [-0.1, -0.05) is 167 Å². The van der Waals surface area contributed by atoms with E-state index in [1.54, 1.807) is 6.08 Å². The molecule has 308 valence electrons. The average Bonchev–Trinajstić information content (AvgIpc) is 3.09. The zero-order valence-electron chi connectivity index (χ0n) is 34.8. The van der Waals surface area contributed by atoms with Crippen molar-refractivity contribution in [2.45, 2.75) is 206 Å². The third-order valence-corrected chi connectivity index (χ3v) is 10.6. The number of carbonyl (C=O) groups is 1. The maximum absolute atomic E-state index is 12.7. The van der Waals surface area contributed by atoms with Gasteiger partial charge in [-0.05, 0) is 44.9 Å². The Morgan fingerprint density at radius 3 is 1.54 bits per heavy atom. The van der Waals surface area contributed by atoms with E-state index in [4.69, 9.17) is 9.05 Å². The van der Waals surface area contributed by atoms with E-state index < -0.39 is 20.0 Å². The number of aliphatic hydroxyl groups excluding tert-OH is 1. The van der Waals surface area contributed by atoms with Crippen LogP contribution in [-0.2, 0) is 18.4 Å². The molecule has 52 heavy (non-hydrogen) atoms. The van der Waals surface area contributed by atoms with Crippen LogP contribution in [0.2, 0.25) is 0 Å². The monoisotopic (exact) mass is 757 g/mol. The van der Waals surface area contributed by atoms with E-state index in [0.29, 0.717) is 17.4 Å². The van der Waals surface area contributed by atoms with Crippen molar-refractivity contribution in [1.82, 2.24) is 5.32 Å². The first-order valence-electron chi connectivity index (χ1n) is 21.7. The predicted octanol–water partition coefficient (Wildman–Crippen LogP) is 11.1. The van der Waals surface area contributed by atoms with Gasteiger partial charge in [0.1, 0.15) is 13.2 Å². The minimum Gasteiger partial charge on any atom is -0.756 e. The minimum absolute atomic E-state index is 0.000897. The van der Waals surface area contributed by atoms with Crippen LogP contribution in [0.3, 0.4) is 0 Å². The minimum atomic E-state index is -4.57. The Labute approximate surface area is 322 Å². The second-order valence-corrected chi connectivity index (χ2v) is 17.5. The van der Waals surface area contributed by atoms with Gasteiger partial charge >= 0.3 is 0 Å². The highest BCUT2D eigenvalue weighted by Gasteiger charge is 2.23. The highest BCUT2D eigenvalue weighted by atomic mass is 31.2. The summed E-state index contributed by atoms with van der Waals surface area (Å²) in [5.74, 6) is -0.204. The molecule has 0 aliphatic rings. The van der Waals surface area contributed by atoms with Crippen LogP contribution < -0.4 is 10.2 Å². The molecular weight excluding hydrogens is 671 g/mol. The molecule has 0 bridgehead atoms. The topological polar surface area (TPSA) is 108 Å². The largest absolute Gasteiger partial charge is 0.756 e. The van der Waals surface area contributed by atoms with Gasteiger partial charge in [-0.3, -0.25) is 9.36 Å². The summed E-state index contributed by atoms with van der Waals surface area (Å²) in [7, 11) is 1.26. The number of nitrogens with one attached hydrogen (secondary N) is 1. The fourth-order valence-electron chi connectivity index (χ4n) is 6.15. The molecule has 0 aromatic heterocycles. The summed E-state index contributed by atoms with van der Waals surface area (Å²) in [5, 5.41) is 13.5. The molecule has 0 aromatic carbocycles. The normalized spacial score (nSPS) is 14.7. The van der Waals surface area contributed by atoms with Gasteiger partial charge in [0.05, 0.1) is 39.9 Å². The highest BCUT2D eigenvalue weighted by molar-refractivity contribution is 7.45. The maximum atomic E-state index is 12.7. The van der Waals surface area contributed by atoms with Gasteiger partial charge < -0.3 is 28.8 Å². The Morgan fingerprint density at radius 1 is 0.654 bits per heavy atom. The molecule has 0 radical (unpaired) electrons. The summed E-state index contributed by atoms with van der Waals surface area (Å²) >= 11 is 0. The quantitative estimate of drug-likeness (QED) is 0.0280. The number of carbonyl (C=O) groups excluding carboxylic acids is 1. The number of hydrogen-bond acceptors (Lipinski definition) is 6. The van der Waals surface area contributed by atoms with Crippen LogP contribution in [0.1, 0.15) is 194 Å². The van der Waals surface area contributed by atoms with Crippen molar-refractivity contribution >= 4 is 13.7 Å². The molecule has 1 amide bonds. The lowest BCUT2D eigenvalue weighted by molar-refractivity contribution is -0.870. The van der Waals surface area contributed by atoms with Crippen molar-refractivity contribution in [3.8, 4) is 0 Å². The molecule has 0 aliphatic heterocycles. The lowest BCUT2D eigenvalue weighted by Gasteiger charge is -2.29. The van der Waals surface area contributed by atoms with Gasteiger partial charge in [0.15, 0.2) is 0 Å². The molecule has 0 aliphatic carbocycles. The third-order valence-electron chi connectivity index (χ3n) is 9.66. The SMILES string of the molecule is CCCCC/C=C/C(O)C(COP(=O)([O-])OCC[N+](C)(C)C)NC(=O)CCCCCCCCCCCCCCC/C=C\CCCCCCCCCC. The molecule has 0 rings (SSSR count). The smallest absolute Gasteiger partial charge is 0.268 e. The second kappa shape index (κ2) is 35.7. The van der Waals surface area contributed by atoms with Gasteiger partial charge in [0, 0.05) is 6.42 Å². The van der Waals surface area contributed by atoms with E-state index in [2.05, 4.69) is 31.3 Å². The van der Waals surface area contributed by atoms with Crippen molar-refractivity contribution in [2.75, 3.05) is 40.9 Å². The van der Waals surface area contributed by atoms with Crippen molar-refractivity contribution < 1.29 is 32.9 Å². The molecule has 2 N–H and O–H groups in total. The Bertz CT molecular complexity index is 907. The summed E-state index contributed by atoms with van der Waals surface area (Å²) in [6.45, 7) is 4.53. The molecule has 0 saturated heterocycles. The van der Waals surface area contributed by atoms with Crippen LogP contribution in [0.25, 0.3) is 0 Å². The standard InChI is InChI=1S/C43H85N2O6P/c1-6-8-10-12-13-14-15-16-17-18-19-20-21-22-23-24-25-26-27-28-29-30-31-33-35-37-43(47)44-41(42(46)36-34-32-11-9-7-2)40-51-52(48,49)50-39-38-45(3,4)5/h18-19,34,36,41-42,46H,6-17,20-33,35,37-40H2,1-5H3,(H-,44,47,48,49)/b19-18-,36-34+.